The van der Waals surface area contributed by atoms with Crippen molar-refractivity contribution in [2.24, 2.45) is 0 Å². The average Bonchev–Trinajstić information content (AvgIpc) is 3.15. The van der Waals surface area contributed by atoms with E-state index in [0.29, 0.717) is 21.6 Å². The Bertz CT molecular complexity index is 1170. The molecule has 6 nitrogen and oxygen atoms in total. The Morgan fingerprint density at radius 2 is 1.67 bits per heavy atom. The van der Waals surface area contributed by atoms with Crippen LogP contribution in [-0.2, 0) is 9.59 Å². The molecule has 1 saturated heterocycles. The van der Waals surface area contributed by atoms with Gasteiger partial charge in [0.25, 0.3) is 11.8 Å². The number of rotatable bonds is 4. The van der Waals surface area contributed by atoms with Gasteiger partial charge in [0.15, 0.2) is 5.09 Å². The maximum Gasteiger partial charge on any atom is 0.335 e. The zero-order valence-electron chi connectivity index (χ0n) is 15.1. The van der Waals surface area contributed by atoms with Gasteiger partial charge in [-0.15, -0.1) is 0 Å². The molecule has 2 heterocycles. The number of barbiturate groups is 1. The van der Waals surface area contributed by atoms with Gasteiger partial charge >= 0.3 is 6.03 Å². The fourth-order valence-electron chi connectivity index (χ4n) is 2.71. The van der Waals surface area contributed by atoms with Crippen LogP contribution in [0.1, 0.15) is 5.76 Å². The van der Waals surface area contributed by atoms with E-state index in [2.05, 4.69) is 21.2 Å². The van der Waals surface area contributed by atoms with Gasteiger partial charge in [0.05, 0.1) is 5.69 Å². The summed E-state index contributed by atoms with van der Waals surface area (Å²) < 4.78 is 6.51. The van der Waals surface area contributed by atoms with E-state index < -0.39 is 17.8 Å². The van der Waals surface area contributed by atoms with Crippen LogP contribution in [0.3, 0.4) is 0 Å². The van der Waals surface area contributed by atoms with E-state index in [-0.39, 0.29) is 5.57 Å². The molecular weight excluding hydrogens is 492 g/mol. The lowest BCUT2D eigenvalue weighted by molar-refractivity contribution is -0.122. The minimum absolute atomic E-state index is 0.199. The predicted molar refractivity (Wildman–Crippen MR) is 117 cm³/mol. The molecule has 0 saturated carbocycles. The molecule has 1 fully saturated rings. The monoisotopic (exact) mass is 502 g/mol. The molecule has 0 unspecified atom stereocenters. The Morgan fingerprint density at radius 3 is 2.37 bits per heavy atom. The summed E-state index contributed by atoms with van der Waals surface area (Å²) in [5, 5.41) is 3.40. The summed E-state index contributed by atoms with van der Waals surface area (Å²) in [5.41, 5.74) is 0.146. The molecule has 0 spiro atoms. The van der Waals surface area contributed by atoms with Crippen LogP contribution in [0.4, 0.5) is 10.5 Å². The highest BCUT2D eigenvalue weighted by molar-refractivity contribution is 9.10. The number of urea groups is 1. The molecular formula is C21H12BrClN2O4S. The molecule has 2 aromatic carbocycles. The Morgan fingerprint density at radius 1 is 0.967 bits per heavy atom. The molecule has 0 aliphatic carbocycles. The first kappa shape index (κ1) is 20.5. The predicted octanol–water partition coefficient (Wildman–Crippen LogP) is 5.51. The SMILES string of the molecule is O=C1NC(=O)N(c2ccc(Br)cc2)C(=O)/C1=C\c1ccc(Sc2ccc(Cl)cc2)o1. The van der Waals surface area contributed by atoms with Gasteiger partial charge in [-0.05, 0) is 66.7 Å². The van der Waals surface area contributed by atoms with Crippen LogP contribution in [0.15, 0.2) is 85.1 Å². The summed E-state index contributed by atoms with van der Waals surface area (Å²) in [5.74, 6) is -1.19. The summed E-state index contributed by atoms with van der Waals surface area (Å²) in [6.07, 6.45) is 1.32. The molecule has 9 heteroatoms. The smallest absolute Gasteiger partial charge is 0.335 e. The zero-order valence-corrected chi connectivity index (χ0v) is 18.3. The lowest BCUT2D eigenvalue weighted by Crippen LogP contribution is -2.54. The second kappa shape index (κ2) is 8.51. The summed E-state index contributed by atoms with van der Waals surface area (Å²) in [4.78, 5) is 39.2. The van der Waals surface area contributed by atoms with Crippen LogP contribution in [0.2, 0.25) is 5.02 Å². The number of amides is 4. The van der Waals surface area contributed by atoms with Gasteiger partial charge < -0.3 is 4.42 Å². The van der Waals surface area contributed by atoms with E-state index in [9.17, 15) is 14.4 Å². The van der Waals surface area contributed by atoms with E-state index in [1.54, 1.807) is 48.5 Å². The summed E-state index contributed by atoms with van der Waals surface area (Å²) in [6, 6.07) is 16.4. The topological polar surface area (TPSA) is 79.6 Å². The number of hydrogen-bond donors (Lipinski definition) is 1. The maximum absolute atomic E-state index is 12.9. The fraction of sp³-hybridized carbons (Fsp3) is 0. The number of halogens is 2. The van der Waals surface area contributed by atoms with Gasteiger partial charge in [0.2, 0.25) is 0 Å². The van der Waals surface area contributed by atoms with Crippen LogP contribution in [0.5, 0.6) is 0 Å². The minimum atomic E-state index is -0.803. The third-order valence-corrected chi connectivity index (χ3v) is 5.82. The number of carbonyl (C=O) groups excluding carboxylic acids is 3. The first-order valence-corrected chi connectivity index (χ1v) is 10.6. The highest BCUT2D eigenvalue weighted by atomic mass is 79.9. The van der Waals surface area contributed by atoms with Gasteiger partial charge in [-0.25, -0.2) is 9.69 Å². The summed E-state index contributed by atoms with van der Waals surface area (Å²) in [6.45, 7) is 0. The molecule has 150 valence electrons. The van der Waals surface area contributed by atoms with Gasteiger partial charge in [-0.1, -0.05) is 39.3 Å². The first-order chi connectivity index (χ1) is 14.4. The van der Waals surface area contributed by atoms with Crippen molar-refractivity contribution in [1.29, 1.82) is 0 Å². The van der Waals surface area contributed by atoms with Gasteiger partial charge in [-0.3, -0.25) is 14.9 Å². The normalized spacial score (nSPS) is 15.6. The zero-order chi connectivity index (χ0) is 21.3. The third-order valence-electron chi connectivity index (χ3n) is 4.11. The van der Waals surface area contributed by atoms with Gasteiger partial charge in [-0.2, -0.15) is 0 Å². The second-order valence-corrected chi connectivity index (χ2v) is 8.58. The number of anilines is 1. The van der Waals surface area contributed by atoms with E-state index in [0.717, 1.165) is 14.3 Å². The molecule has 1 aliphatic rings. The van der Waals surface area contributed by atoms with E-state index >= 15 is 0 Å². The lowest BCUT2D eigenvalue weighted by atomic mass is 10.1. The third kappa shape index (κ3) is 4.35. The Kier molecular flexibility index (Phi) is 5.80. The van der Waals surface area contributed by atoms with Gasteiger partial charge in [0.1, 0.15) is 11.3 Å². The Labute approximate surface area is 189 Å². The number of carbonyl (C=O) groups is 3. The van der Waals surface area contributed by atoms with Crippen molar-refractivity contribution in [2.75, 3.05) is 4.90 Å². The van der Waals surface area contributed by atoms with Crippen LogP contribution in [-0.4, -0.2) is 17.8 Å². The first-order valence-electron chi connectivity index (χ1n) is 8.61. The number of hydrogen-bond acceptors (Lipinski definition) is 5. The summed E-state index contributed by atoms with van der Waals surface area (Å²) in [7, 11) is 0. The number of nitrogens with zero attached hydrogens (tertiary/aromatic N) is 1. The quantitative estimate of drug-likeness (QED) is 0.375. The molecule has 0 bridgehead atoms. The van der Waals surface area contributed by atoms with Crippen molar-refractivity contribution in [1.82, 2.24) is 5.32 Å². The molecule has 1 N–H and O–H groups in total. The second-order valence-electron chi connectivity index (χ2n) is 6.15. The van der Waals surface area contributed by atoms with E-state index in [4.69, 9.17) is 16.0 Å². The molecule has 3 aromatic rings. The van der Waals surface area contributed by atoms with Gasteiger partial charge in [0, 0.05) is 14.4 Å². The van der Waals surface area contributed by atoms with Crippen molar-refractivity contribution in [3.05, 3.63) is 81.5 Å². The van der Waals surface area contributed by atoms with Crippen LogP contribution >= 0.6 is 39.3 Å². The molecule has 1 aromatic heterocycles. The van der Waals surface area contributed by atoms with Crippen LogP contribution in [0.25, 0.3) is 6.08 Å². The molecule has 4 rings (SSSR count). The fourth-order valence-corrected chi connectivity index (χ4v) is 3.88. The van der Waals surface area contributed by atoms with E-state index in [1.165, 1.54) is 17.8 Å². The Balaban J connectivity index is 1.59. The van der Waals surface area contributed by atoms with Crippen molar-refractivity contribution in [2.45, 2.75) is 9.99 Å². The number of nitrogens with one attached hydrogen (secondary N) is 1. The van der Waals surface area contributed by atoms with Crippen LogP contribution < -0.4 is 10.2 Å². The van der Waals surface area contributed by atoms with E-state index in [1.807, 2.05) is 12.1 Å². The number of imide groups is 2. The number of benzene rings is 2. The molecule has 30 heavy (non-hydrogen) atoms. The average molecular weight is 504 g/mol. The molecule has 0 atom stereocenters. The molecule has 0 radical (unpaired) electrons. The Hall–Kier alpha value is -2.81. The molecule has 1 aliphatic heterocycles. The van der Waals surface area contributed by atoms with Crippen molar-refractivity contribution in [3.8, 4) is 0 Å². The van der Waals surface area contributed by atoms with Crippen LogP contribution in [0, 0.1) is 0 Å². The van der Waals surface area contributed by atoms with Crippen molar-refractivity contribution < 1.29 is 18.8 Å². The maximum atomic E-state index is 12.9. The minimum Gasteiger partial charge on any atom is -0.450 e. The standard InChI is InChI=1S/C21H12BrClN2O4S/c22-12-1-5-14(6-2-12)25-20(27)17(19(26)24-21(25)28)11-15-7-10-18(29-15)30-16-8-3-13(23)4-9-16/h1-11H,(H,24,26,28)/b17-11-. The summed E-state index contributed by atoms with van der Waals surface area (Å²) >= 11 is 10.6. The largest absolute Gasteiger partial charge is 0.450 e. The highest BCUT2D eigenvalue weighted by Crippen LogP contribution is 2.31. The number of furan rings is 1. The highest BCUT2D eigenvalue weighted by Gasteiger charge is 2.37. The van der Waals surface area contributed by atoms with Crippen molar-refractivity contribution in [3.63, 3.8) is 0 Å². The van der Waals surface area contributed by atoms with Crippen molar-refractivity contribution >= 4 is 68.9 Å². The molecule has 4 amide bonds. The lowest BCUT2D eigenvalue weighted by Gasteiger charge is -2.26.